The third-order valence-electron chi connectivity index (χ3n) is 7.10. The van der Waals surface area contributed by atoms with Crippen LogP contribution in [0.2, 0.25) is 0 Å². The number of aryl methyl sites for hydroxylation is 1. The zero-order chi connectivity index (χ0) is 29.9. The Morgan fingerprint density at radius 2 is 1.93 bits per heavy atom. The van der Waals surface area contributed by atoms with Crippen molar-refractivity contribution in [1.29, 1.82) is 0 Å². The lowest BCUT2D eigenvalue weighted by Crippen LogP contribution is -2.55. The summed E-state index contributed by atoms with van der Waals surface area (Å²) in [5.74, 6) is 0.119. The van der Waals surface area contributed by atoms with Crippen LogP contribution in [0.15, 0.2) is 24.3 Å². The van der Waals surface area contributed by atoms with Gasteiger partial charge in [-0.25, -0.2) is 9.78 Å². The summed E-state index contributed by atoms with van der Waals surface area (Å²) in [6.45, 7) is 9.14. The number of pyridine rings is 1. The first-order valence-electron chi connectivity index (χ1n) is 14.3. The Morgan fingerprint density at radius 3 is 2.56 bits per heavy atom. The molecule has 3 amide bonds. The second kappa shape index (κ2) is 12.5. The largest absolute Gasteiger partial charge is 0.497 e. The molecule has 0 spiro atoms. The molecule has 1 saturated carbocycles. The van der Waals surface area contributed by atoms with Crippen molar-refractivity contribution in [2.24, 2.45) is 0 Å². The fraction of sp³-hybridized carbons (Fsp3) is 0.600. The normalized spacial score (nSPS) is 20.3. The average Bonchev–Trinajstić information content (AvgIpc) is 3.61. The van der Waals surface area contributed by atoms with Crippen molar-refractivity contribution >= 4 is 28.7 Å². The zero-order valence-electron chi connectivity index (χ0n) is 24.7. The lowest BCUT2D eigenvalue weighted by atomic mass is 10.0. The Kier molecular flexibility index (Phi) is 9.26. The monoisotopic (exact) mass is 570 g/mol. The van der Waals surface area contributed by atoms with E-state index in [1.165, 1.54) is 4.90 Å². The number of ether oxygens (including phenoxy) is 3. The first kappa shape index (κ1) is 30.4. The van der Waals surface area contributed by atoms with E-state index in [0.29, 0.717) is 24.5 Å². The zero-order valence-corrected chi connectivity index (χ0v) is 24.7. The Balaban J connectivity index is 1.55. The molecule has 1 aromatic heterocycles. The molecule has 224 valence electrons. The second-order valence-corrected chi connectivity index (χ2v) is 11.9. The molecule has 0 radical (unpaired) electrons. The Bertz CT molecular complexity index is 1270. The molecule has 3 N–H and O–H groups in total. The summed E-state index contributed by atoms with van der Waals surface area (Å²) in [5.41, 5.74) is -0.0235. The van der Waals surface area contributed by atoms with E-state index in [0.717, 1.165) is 29.3 Å². The molecule has 2 aromatic rings. The van der Waals surface area contributed by atoms with E-state index in [-0.39, 0.29) is 19.0 Å². The van der Waals surface area contributed by atoms with Crippen LogP contribution in [0.4, 0.5) is 4.79 Å². The summed E-state index contributed by atoms with van der Waals surface area (Å²) < 4.78 is 17.3. The Hall–Kier alpha value is -3.60. The second-order valence-electron chi connectivity index (χ2n) is 11.9. The van der Waals surface area contributed by atoms with Crippen LogP contribution in [0.5, 0.6) is 11.6 Å². The lowest BCUT2D eigenvalue weighted by Gasteiger charge is -2.29. The number of nitrogens with one attached hydrogen (secondary N) is 2. The summed E-state index contributed by atoms with van der Waals surface area (Å²) in [6, 6.07) is 5.87. The fourth-order valence-electron chi connectivity index (χ4n) is 4.96. The lowest BCUT2D eigenvalue weighted by molar-refractivity contribution is -0.133. The standard InChI is InChI=1S/C30H42N4O7/c1-7-8-23(25(35)27(37)32-19-9-10-19)33-26(36)24-15-21(16-34(24)29(38)41-30(3,4)5)40-28-22-12-11-20(39-6)14-18(22)13-17(2)31-28/h11-14,19,21,23-25,35H,7-10,15-16H2,1-6H3,(H,32,37)(H,33,36)/t21?,23-,24-,25?/m0/s1. The molecule has 1 aliphatic heterocycles. The summed E-state index contributed by atoms with van der Waals surface area (Å²) in [6.07, 6.45) is 0.394. The summed E-state index contributed by atoms with van der Waals surface area (Å²) in [4.78, 5) is 45.3. The highest BCUT2D eigenvalue weighted by Gasteiger charge is 2.44. The van der Waals surface area contributed by atoms with E-state index >= 15 is 0 Å². The van der Waals surface area contributed by atoms with Gasteiger partial charge in [-0.05, 0) is 76.6 Å². The van der Waals surface area contributed by atoms with Gasteiger partial charge in [-0.15, -0.1) is 0 Å². The van der Waals surface area contributed by atoms with Gasteiger partial charge in [-0.2, -0.15) is 0 Å². The number of carbonyl (C=O) groups is 3. The molecular weight excluding hydrogens is 528 g/mol. The number of amides is 3. The number of likely N-dealkylation sites (tertiary alicyclic amines) is 1. The van der Waals surface area contributed by atoms with Crippen molar-refractivity contribution in [1.82, 2.24) is 20.5 Å². The van der Waals surface area contributed by atoms with E-state index in [1.54, 1.807) is 27.9 Å². The maximum absolute atomic E-state index is 13.6. The third kappa shape index (κ3) is 7.78. The molecule has 11 heteroatoms. The van der Waals surface area contributed by atoms with Gasteiger partial charge in [0.15, 0.2) is 6.10 Å². The predicted octanol–water partition coefficient (Wildman–Crippen LogP) is 3.23. The van der Waals surface area contributed by atoms with Gasteiger partial charge in [0, 0.05) is 23.5 Å². The van der Waals surface area contributed by atoms with Crippen LogP contribution in [0.25, 0.3) is 10.8 Å². The minimum absolute atomic E-state index is 0.0814. The topological polar surface area (TPSA) is 139 Å². The highest BCUT2D eigenvalue weighted by molar-refractivity contribution is 5.89. The number of hydrogen-bond donors (Lipinski definition) is 3. The average molecular weight is 571 g/mol. The predicted molar refractivity (Wildman–Crippen MR) is 153 cm³/mol. The maximum Gasteiger partial charge on any atom is 0.411 e. The van der Waals surface area contributed by atoms with Gasteiger partial charge in [-0.3, -0.25) is 14.5 Å². The van der Waals surface area contributed by atoms with Crippen molar-refractivity contribution in [2.75, 3.05) is 13.7 Å². The summed E-state index contributed by atoms with van der Waals surface area (Å²) in [7, 11) is 1.60. The molecule has 41 heavy (non-hydrogen) atoms. The highest BCUT2D eigenvalue weighted by Crippen LogP contribution is 2.31. The number of methoxy groups -OCH3 is 1. The Morgan fingerprint density at radius 1 is 1.20 bits per heavy atom. The molecular formula is C30H42N4O7. The first-order chi connectivity index (χ1) is 19.4. The van der Waals surface area contributed by atoms with E-state index in [1.807, 2.05) is 38.1 Å². The summed E-state index contributed by atoms with van der Waals surface area (Å²) in [5, 5.41) is 18.0. The molecule has 1 saturated heterocycles. The first-order valence-corrected chi connectivity index (χ1v) is 14.3. The van der Waals surface area contributed by atoms with Crippen molar-refractivity contribution in [3.05, 3.63) is 30.0 Å². The smallest absolute Gasteiger partial charge is 0.411 e. The fourth-order valence-corrected chi connectivity index (χ4v) is 4.96. The number of benzene rings is 1. The van der Waals surface area contributed by atoms with Crippen molar-refractivity contribution < 1.29 is 33.7 Å². The van der Waals surface area contributed by atoms with E-state index in [4.69, 9.17) is 14.2 Å². The summed E-state index contributed by atoms with van der Waals surface area (Å²) >= 11 is 0. The van der Waals surface area contributed by atoms with Crippen LogP contribution in [0.3, 0.4) is 0 Å². The van der Waals surface area contributed by atoms with Gasteiger partial charge >= 0.3 is 6.09 Å². The van der Waals surface area contributed by atoms with Crippen LogP contribution < -0.4 is 20.1 Å². The van der Waals surface area contributed by atoms with Gasteiger partial charge < -0.3 is 30.0 Å². The molecule has 2 fully saturated rings. The molecule has 2 aliphatic rings. The molecule has 4 rings (SSSR count). The van der Waals surface area contributed by atoms with E-state index in [2.05, 4.69) is 15.6 Å². The molecule has 0 bridgehead atoms. The molecule has 1 aromatic carbocycles. The minimum Gasteiger partial charge on any atom is -0.497 e. The number of aliphatic hydroxyl groups excluding tert-OH is 1. The molecule has 2 heterocycles. The molecule has 11 nitrogen and oxygen atoms in total. The van der Waals surface area contributed by atoms with Crippen LogP contribution in [-0.4, -0.2) is 82.5 Å². The van der Waals surface area contributed by atoms with Gasteiger partial charge in [0.2, 0.25) is 11.8 Å². The number of nitrogens with zero attached hydrogens (tertiary/aromatic N) is 2. The van der Waals surface area contributed by atoms with Crippen molar-refractivity contribution in [2.45, 2.75) is 103 Å². The van der Waals surface area contributed by atoms with Crippen LogP contribution in [-0.2, 0) is 14.3 Å². The number of hydrogen-bond acceptors (Lipinski definition) is 8. The van der Waals surface area contributed by atoms with E-state index < -0.39 is 47.8 Å². The number of rotatable bonds is 10. The molecule has 1 aliphatic carbocycles. The minimum atomic E-state index is -1.40. The van der Waals surface area contributed by atoms with Crippen molar-refractivity contribution in [3.8, 4) is 11.6 Å². The van der Waals surface area contributed by atoms with Gasteiger partial charge in [0.25, 0.3) is 5.91 Å². The molecule has 4 atom stereocenters. The number of carbonyl (C=O) groups excluding carboxylic acids is 3. The van der Waals surface area contributed by atoms with Crippen LogP contribution in [0.1, 0.15) is 65.5 Å². The van der Waals surface area contributed by atoms with E-state index in [9.17, 15) is 19.5 Å². The highest BCUT2D eigenvalue weighted by atomic mass is 16.6. The quantitative estimate of drug-likeness (QED) is 0.396. The number of fused-ring (bicyclic) bond motifs is 1. The van der Waals surface area contributed by atoms with Crippen LogP contribution in [0, 0.1) is 6.92 Å². The van der Waals surface area contributed by atoms with Gasteiger partial charge in [0.05, 0.1) is 19.7 Å². The third-order valence-corrected chi connectivity index (χ3v) is 7.10. The number of aromatic nitrogens is 1. The van der Waals surface area contributed by atoms with Gasteiger partial charge in [-0.1, -0.05) is 13.3 Å². The van der Waals surface area contributed by atoms with Gasteiger partial charge in [0.1, 0.15) is 23.5 Å². The van der Waals surface area contributed by atoms with Crippen molar-refractivity contribution in [3.63, 3.8) is 0 Å². The molecule has 2 unspecified atom stereocenters. The number of aliphatic hydroxyl groups is 1. The SMILES string of the molecule is CCC[C@H](NC(=O)[C@@H]1CC(Oc2nc(C)cc3cc(OC)ccc23)CN1C(=O)OC(C)(C)C)C(O)C(=O)NC1CC1. The maximum atomic E-state index is 13.6. The van der Waals surface area contributed by atoms with Crippen LogP contribution >= 0.6 is 0 Å². The Labute approximate surface area is 240 Å².